The molecule has 63 heavy (non-hydrogen) atoms. The van der Waals surface area contributed by atoms with Crippen LogP contribution in [0.15, 0.2) is 41.3 Å². The van der Waals surface area contributed by atoms with Crippen molar-refractivity contribution in [1.82, 2.24) is 4.90 Å². The molecule has 3 saturated heterocycles. The van der Waals surface area contributed by atoms with Crippen LogP contribution in [0.1, 0.15) is 85.5 Å². The van der Waals surface area contributed by atoms with Crippen molar-refractivity contribution < 1.29 is 52.6 Å². The van der Waals surface area contributed by atoms with E-state index in [0.29, 0.717) is 43.7 Å². The number of hydrogen-bond acceptors (Lipinski definition) is 14. The first-order valence-electron chi connectivity index (χ1n) is 23.6. The first-order valence-corrected chi connectivity index (χ1v) is 24.5. The van der Waals surface area contributed by atoms with Crippen molar-refractivity contribution in [1.29, 1.82) is 0 Å². The molecule has 2 aromatic rings. The van der Waals surface area contributed by atoms with Crippen molar-refractivity contribution in [2.45, 2.75) is 165 Å². The van der Waals surface area contributed by atoms with Crippen LogP contribution in [0.2, 0.25) is 0 Å². The first-order chi connectivity index (χ1) is 30.3. The van der Waals surface area contributed by atoms with Gasteiger partial charge in [-0.1, -0.05) is 19.9 Å². The van der Waals surface area contributed by atoms with Crippen molar-refractivity contribution in [2.75, 3.05) is 40.7 Å². The highest BCUT2D eigenvalue weighted by Crippen LogP contribution is 2.57. The van der Waals surface area contributed by atoms with Gasteiger partial charge in [0.1, 0.15) is 24.4 Å². The van der Waals surface area contributed by atoms with Gasteiger partial charge in [-0.05, 0) is 138 Å². The number of carbonyl (C=O) groups excluding carboxylic acids is 2. The fourth-order valence-corrected chi connectivity index (χ4v) is 13.2. The van der Waals surface area contributed by atoms with Gasteiger partial charge in [0.15, 0.2) is 18.4 Å². The Labute approximate surface area is 377 Å². The normalized spacial score (nSPS) is 42.5. The molecule has 4 heterocycles. The van der Waals surface area contributed by atoms with E-state index in [1.807, 2.05) is 20.8 Å². The van der Waals surface area contributed by atoms with Gasteiger partial charge in [-0.3, -0.25) is 9.59 Å². The number of likely N-dealkylation sites (N-methyl/N-ethyl adjacent to an activating group) is 1. The van der Waals surface area contributed by atoms with Gasteiger partial charge in [-0.25, -0.2) is 0 Å². The summed E-state index contributed by atoms with van der Waals surface area (Å²) in [5.41, 5.74) is 1.53. The highest BCUT2D eigenvalue weighted by atomic mass is 32.1. The molecule has 1 aromatic heterocycles. The summed E-state index contributed by atoms with van der Waals surface area (Å²) in [5, 5.41) is 19.9. The third-order valence-corrected chi connectivity index (χ3v) is 16.6. The number of fused-ring (bicyclic) bond motifs is 6. The maximum absolute atomic E-state index is 15.2. The van der Waals surface area contributed by atoms with Crippen LogP contribution in [0.5, 0.6) is 0 Å². The topological polar surface area (TPSA) is 143 Å². The number of ether oxygens (including phenoxy) is 8. The van der Waals surface area contributed by atoms with E-state index in [2.05, 4.69) is 67.0 Å². The minimum atomic E-state index is -0.885. The SMILES string of the molecule is CC[C@H]1CCC[C@H](O[C@H]2CC[C@H](N(C)C)C(C)O2)[C@@H](C)C(=O)C2=C[C@H]3[C@@H]4C[C@H](O[C@@H]5OC(C)[C@H](OC)C(OC)C5OC)C[C@H]4[C@H](Nc4ccc5sccc5c4)[C@@H](O)[C@H]3[C@@H]2CC(=O)O1. The highest BCUT2D eigenvalue weighted by Gasteiger charge is 2.60. The smallest absolute Gasteiger partial charge is 0.306 e. The Morgan fingerprint density at radius 3 is 2.37 bits per heavy atom. The lowest BCUT2D eigenvalue weighted by atomic mass is 9.62. The molecule has 0 bridgehead atoms. The number of anilines is 1. The average Bonchev–Trinajstić information content (AvgIpc) is 4.00. The summed E-state index contributed by atoms with van der Waals surface area (Å²) in [4.78, 5) is 31.4. The van der Waals surface area contributed by atoms with E-state index in [4.69, 9.17) is 37.9 Å². The number of thiophene rings is 1. The zero-order valence-electron chi connectivity index (χ0n) is 38.7. The number of esters is 1. The molecule has 350 valence electrons. The molecule has 3 aliphatic carbocycles. The number of hydrogen-bond donors (Lipinski definition) is 2. The molecule has 14 heteroatoms. The second kappa shape index (κ2) is 20.2. The van der Waals surface area contributed by atoms with Gasteiger partial charge >= 0.3 is 5.97 Å². The molecule has 0 radical (unpaired) electrons. The minimum Gasteiger partial charge on any atom is -0.462 e. The quantitative estimate of drug-likeness (QED) is 0.224. The lowest BCUT2D eigenvalue weighted by Crippen LogP contribution is -2.59. The number of Topliss-reactive ketones (excluding diaryl/α,β-unsaturated/α-hetero) is 1. The van der Waals surface area contributed by atoms with Crippen molar-refractivity contribution in [3.63, 3.8) is 0 Å². The summed E-state index contributed by atoms with van der Waals surface area (Å²) in [5.74, 6) is -1.94. The van der Waals surface area contributed by atoms with E-state index in [0.717, 1.165) is 30.3 Å². The van der Waals surface area contributed by atoms with Crippen LogP contribution in [0, 0.1) is 35.5 Å². The Balaban J connectivity index is 1.11. The summed E-state index contributed by atoms with van der Waals surface area (Å²) in [6.07, 6.45) is 3.49. The van der Waals surface area contributed by atoms with Crippen molar-refractivity contribution in [3.05, 3.63) is 41.3 Å². The van der Waals surface area contributed by atoms with Gasteiger partial charge < -0.3 is 53.2 Å². The number of rotatable bonds is 11. The van der Waals surface area contributed by atoms with E-state index in [9.17, 15) is 9.90 Å². The standard InChI is InChI=1S/C49H72N2O11S/c1-10-30-12-11-13-38(62-41-17-15-37(51(5)6)26(3)58-41)25(2)44(53)36-23-33-32-21-31(61-49-48(57-9)47(56-8)46(55-7)27(4)59-49)22-35(32)43(45(54)42(33)34(36)24-40(52)60-30)50-29-14-16-39-28(20-29)18-19-63-39/h14,16,18-20,23,25-27,30-35,37-38,41-43,45-50,54H,10-13,15,17,21-22,24H2,1-9H3/t25-,26?,27?,30+,31+,32+,33+,34-,35-,37+,38+,41+,42-,43+,45+,46+,47?,48?,49+/m1/s1. The molecule has 4 unspecified atom stereocenters. The Kier molecular flexibility index (Phi) is 15.0. The Morgan fingerprint density at radius 2 is 1.65 bits per heavy atom. The second-order valence-electron chi connectivity index (χ2n) is 19.4. The van der Waals surface area contributed by atoms with E-state index < -0.39 is 48.6 Å². The lowest BCUT2D eigenvalue weighted by Gasteiger charge is -2.47. The predicted molar refractivity (Wildman–Crippen MR) is 240 cm³/mol. The number of nitrogens with zero attached hydrogens (tertiary/aromatic N) is 1. The van der Waals surface area contributed by atoms with E-state index in [1.54, 1.807) is 32.7 Å². The summed E-state index contributed by atoms with van der Waals surface area (Å²) < 4.78 is 51.6. The first kappa shape index (κ1) is 47.0. The highest BCUT2D eigenvalue weighted by molar-refractivity contribution is 7.17. The van der Waals surface area contributed by atoms with Gasteiger partial charge in [-0.15, -0.1) is 11.3 Å². The van der Waals surface area contributed by atoms with Crippen molar-refractivity contribution >= 4 is 38.9 Å². The number of carbonyl (C=O) groups is 2. The molecule has 3 aliphatic heterocycles. The van der Waals surface area contributed by atoms with Gasteiger partial charge in [-0.2, -0.15) is 0 Å². The molecule has 19 atom stereocenters. The number of aliphatic hydroxyl groups excluding tert-OH is 1. The zero-order chi connectivity index (χ0) is 44.7. The maximum Gasteiger partial charge on any atom is 0.306 e. The van der Waals surface area contributed by atoms with E-state index in [-0.39, 0.29) is 78.6 Å². The molecular formula is C49H72N2O11S. The summed E-state index contributed by atoms with van der Waals surface area (Å²) in [6, 6.07) is 8.35. The summed E-state index contributed by atoms with van der Waals surface area (Å²) >= 11 is 1.69. The molecule has 1 aromatic carbocycles. The molecule has 2 saturated carbocycles. The number of allylic oxidation sites excluding steroid dienone is 2. The number of nitrogens with one attached hydrogen (secondary N) is 1. The van der Waals surface area contributed by atoms with Gasteiger partial charge in [0, 0.05) is 55.5 Å². The molecule has 8 rings (SSSR count). The number of benzene rings is 1. The predicted octanol–water partition coefficient (Wildman–Crippen LogP) is 6.99. The van der Waals surface area contributed by atoms with E-state index >= 15 is 4.79 Å². The van der Waals surface area contributed by atoms with Crippen LogP contribution >= 0.6 is 11.3 Å². The Hall–Kier alpha value is -2.50. The fraction of sp³-hybridized carbons (Fsp3) is 0.755. The molecule has 5 fully saturated rings. The Bertz CT molecular complexity index is 1910. The van der Waals surface area contributed by atoms with Crippen LogP contribution in [-0.2, 0) is 47.5 Å². The molecule has 13 nitrogen and oxygen atoms in total. The molecule has 6 aliphatic rings. The molecule has 0 amide bonds. The van der Waals surface area contributed by atoms with Crippen LogP contribution < -0.4 is 5.32 Å². The zero-order valence-corrected chi connectivity index (χ0v) is 39.5. The summed E-state index contributed by atoms with van der Waals surface area (Å²) in [6.45, 7) is 8.08. The number of aliphatic hydroxyl groups is 1. The fourth-order valence-electron chi connectivity index (χ4n) is 12.5. The largest absolute Gasteiger partial charge is 0.462 e. The second-order valence-corrected chi connectivity index (χ2v) is 20.4. The van der Waals surface area contributed by atoms with E-state index in [1.165, 1.54) is 4.70 Å². The van der Waals surface area contributed by atoms with Crippen molar-refractivity contribution in [3.8, 4) is 0 Å². The third-order valence-electron chi connectivity index (χ3n) is 15.7. The van der Waals surface area contributed by atoms with Gasteiger partial charge in [0.2, 0.25) is 0 Å². The van der Waals surface area contributed by atoms with Crippen LogP contribution in [0.25, 0.3) is 10.1 Å². The summed E-state index contributed by atoms with van der Waals surface area (Å²) in [7, 11) is 9.09. The van der Waals surface area contributed by atoms with Gasteiger partial charge in [0.05, 0.1) is 43.0 Å². The third kappa shape index (κ3) is 9.55. The monoisotopic (exact) mass is 896 g/mol. The lowest BCUT2D eigenvalue weighted by molar-refractivity contribution is -0.314. The van der Waals surface area contributed by atoms with Crippen LogP contribution in [-0.4, -0.2) is 137 Å². The number of methoxy groups -OCH3 is 3. The maximum atomic E-state index is 15.2. The molecular weight excluding hydrogens is 825 g/mol. The minimum absolute atomic E-state index is 0.00978. The Morgan fingerprint density at radius 1 is 0.889 bits per heavy atom. The van der Waals surface area contributed by atoms with Crippen LogP contribution in [0.4, 0.5) is 5.69 Å². The number of ketones is 1. The van der Waals surface area contributed by atoms with Crippen molar-refractivity contribution in [2.24, 2.45) is 35.5 Å². The van der Waals surface area contributed by atoms with Crippen LogP contribution in [0.3, 0.4) is 0 Å². The number of cyclic esters (lactones) is 1. The van der Waals surface area contributed by atoms with Gasteiger partial charge in [0.25, 0.3) is 0 Å². The average molecular weight is 897 g/mol. The molecule has 2 N–H and O–H groups in total. The molecule has 0 spiro atoms.